The van der Waals surface area contributed by atoms with Crippen LogP contribution in [0.3, 0.4) is 0 Å². The molecule has 0 saturated carbocycles. The number of rotatable bonds is 2. The quantitative estimate of drug-likeness (QED) is 0.374. The second kappa shape index (κ2) is 4.92. The highest BCUT2D eigenvalue weighted by Crippen LogP contribution is 2.16. The van der Waals surface area contributed by atoms with E-state index in [4.69, 9.17) is 21.9 Å². The lowest BCUT2D eigenvalue weighted by Gasteiger charge is -2.24. The van der Waals surface area contributed by atoms with Gasteiger partial charge in [-0.2, -0.15) is 5.10 Å². The number of hydrogen-bond donors (Lipinski definition) is 3. The highest BCUT2D eigenvalue weighted by Gasteiger charge is 2.09. The van der Waals surface area contributed by atoms with Crippen molar-refractivity contribution in [1.29, 1.82) is 0 Å². The summed E-state index contributed by atoms with van der Waals surface area (Å²) in [6.07, 6.45) is 0. The number of morpholine rings is 1. The summed E-state index contributed by atoms with van der Waals surface area (Å²) in [4.78, 5) is 0. The molecule has 0 aliphatic carbocycles. The molecule has 92 valence electrons. The molecule has 1 aromatic carbocycles. The van der Waals surface area contributed by atoms with Crippen LogP contribution in [0, 0.1) is 0 Å². The van der Waals surface area contributed by atoms with Gasteiger partial charge in [0, 0.05) is 5.56 Å². The molecule has 0 bridgehead atoms. The van der Waals surface area contributed by atoms with Crippen LogP contribution in [0.4, 0.5) is 11.4 Å². The Morgan fingerprint density at radius 1 is 1.18 bits per heavy atom. The lowest BCUT2D eigenvalue weighted by atomic mass is 10.1. The molecular formula is C11H17N5O. The highest BCUT2D eigenvalue weighted by molar-refractivity contribution is 5.98. The van der Waals surface area contributed by atoms with Crippen molar-refractivity contribution in [3.05, 3.63) is 23.8 Å². The molecule has 1 aliphatic heterocycles. The van der Waals surface area contributed by atoms with Gasteiger partial charge in [0.1, 0.15) is 0 Å². The van der Waals surface area contributed by atoms with Crippen molar-refractivity contribution in [3.8, 4) is 0 Å². The van der Waals surface area contributed by atoms with Crippen molar-refractivity contribution in [3.63, 3.8) is 0 Å². The zero-order chi connectivity index (χ0) is 12.3. The molecule has 0 amide bonds. The zero-order valence-corrected chi connectivity index (χ0v) is 9.60. The molecule has 6 N–H and O–H groups in total. The maximum absolute atomic E-state index is 5.92. The van der Waals surface area contributed by atoms with Crippen LogP contribution in [-0.4, -0.2) is 37.1 Å². The molecule has 0 radical (unpaired) electrons. The number of nitrogens with two attached hydrogens (primary N) is 3. The molecule has 6 heteroatoms. The van der Waals surface area contributed by atoms with Gasteiger partial charge in [0.15, 0.2) is 5.84 Å². The van der Waals surface area contributed by atoms with Crippen molar-refractivity contribution in [2.75, 3.05) is 37.8 Å². The molecule has 1 heterocycles. The van der Waals surface area contributed by atoms with Gasteiger partial charge in [0.05, 0.1) is 37.7 Å². The summed E-state index contributed by atoms with van der Waals surface area (Å²) in [6, 6.07) is 5.27. The Kier molecular flexibility index (Phi) is 3.34. The van der Waals surface area contributed by atoms with E-state index < -0.39 is 0 Å². The second-order valence-corrected chi connectivity index (χ2v) is 3.89. The van der Waals surface area contributed by atoms with Crippen molar-refractivity contribution in [1.82, 2.24) is 5.01 Å². The Bertz CT molecular complexity index is 426. The summed E-state index contributed by atoms with van der Waals surface area (Å²) < 4.78 is 5.23. The number of hydrazone groups is 1. The van der Waals surface area contributed by atoms with Gasteiger partial charge in [-0.15, -0.1) is 0 Å². The molecular weight excluding hydrogens is 218 g/mol. The van der Waals surface area contributed by atoms with Crippen molar-refractivity contribution < 1.29 is 4.74 Å². The van der Waals surface area contributed by atoms with Crippen molar-refractivity contribution >= 4 is 17.2 Å². The van der Waals surface area contributed by atoms with Crippen LogP contribution in [-0.2, 0) is 4.74 Å². The Hall–Kier alpha value is -1.95. The van der Waals surface area contributed by atoms with Crippen LogP contribution in [0.2, 0.25) is 0 Å². The normalized spacial score (nSPS) is 17.2. The SMILES string of the molecule is NC(=NN1CCOCC1)c1ccc(N)c(N)c1. The predicted molar refractivity (Wildman–Crippen MR) is 68.4 cm³/mol. The zero-order valence-electron chi connectivity index (χ0n) is 9.60. The number of nitrogens with zero attached hydrogens (tertiary/aromatic N) is 2. The Morgan fingerprint density at radius 3 is 2.53 bits per heavy atom. The predicted octanol–water partition coefficient (Wildman–Crippen LogP) is -0.196. The summed E-state index contributed by atoms with van der Waals surface area (Å²) >= 11 is 0. The van der Waals surface area contributed by atoms with Gasteiger partial charge in [-0.3, -0.25) is 5.01 Å². The maximum atomic E-state index is 5.92. The third-order valence-electron chi connectivity index (χ3n) is 2.62. The van der Waals surface area contributed by atoms with Crippen molar-refractivity contribution in [2.24, 2.45) is 10.8 Å². The first-order valence-electron chi connectivity index (χ1n) is 5.49. The van der Waals surface area contributed by atoms with Gasteiger partial charge in [-0.05, 0) is 18.2 Å². The molecule has 0 unspecified atom stereocenters. The van der Waals surface area contributed by atoms with Crippen LogP contribution in [0.25, 0.3) is 0 Å². The van der Waals surface area contributed by atoms with E-state index in [9.17, 15) is 0 Å². The molecule has 6 nitrogen and oxygen atoms in total. The van der Waals surface area contributed by atoms with Gasteiger partial charge in [0.2, 0.25) is 0 Å². The standard InChI is InChI=1S/C11H17N5O/c12-9-2-1-8(7-10(9)13)11(14)15-16-3-5-17-6-4-16/h1-2,7H,3-6,12-13H2,(H2,14,15). The van der Waals surface area contributed by atoms with Gasteiger partial charge < -0.3 is 21.9 Å². The Morgan fingerprint density at radius 2 is 1.88 bits per heavy atom. The van der Waals surface area contributed by atoms with Gasteiger partial charge in [-0.1, -0.05) is 0 Å². The van der Waals surface area contributed by atoms with E-state index in [1.54, 1.807) is 12.1 Å². The van der Waals surface area contributed by atoms with E-state index in [-0.39, 0.29) is 0 Å². The third kappa shape index (κ3) is 2.79. The van der Waals surface area contributed by atoms with Gasteiger partial charge >= 0.3 is 0 Å². The molecule has 0 spiro atoms. The van der Waals surface area contributed by atoms with Gasteiger partial charge in [-0.25, -0.2) is 0 Å². The molecule has 1 aromatic rings. The topological polar surface area (TPSA) is 103 Å². The summed E-state index contributed by atoms with van der Waals surface area (Å²) in [7, 11) is 0. The summed E-state index contributed by atoms with van der Waals surface area (Å²) in [5.74, 6) is 0.443. The highest BCUT2D eigenvalue weighted by atomic mass is 16.5. The van der Waals surface area contributed by atoms with Crippen LogP contribution in [0.15, 0.2) is 23.3 Å². The number of nitrogen functional groups attached to an aromatic ring is 2. The monoisotopic (exact) mass is 235 g/mol. The van der Waals surface area contributed by atoms with E-state index in [0.717, 1.165) is 18.7 Å². The van der Waals surface area contributed by atoms with E-state index in [1.165, 1.54) is 0 Å². The third-order valence-corrected chi connectivity index (χ3v) is 2.62. The smallest absolute Gasteiger partial charge is 0.150 e. The average Bonchev–Trinajstić information content (AvgIpc) is 2.34. The average molecular weight is 235 g/mol. The van der Waals surface area contributed by atoms with E-state index >= 15 is 0 Å². The summed E-state index contributed by atoms with van der Waals surface area (Å²) in [5.41, 5.74) is 19.1. The van der Waals surface area contributed by atoms with Crippen LogP contribution in [0.1, 0.15) is 5.56 Å². The first kappa shape index (κ1) is 11.5. The van der Waals surface area contributed by atoms with E-state index in [1.807, 2.05) is 11.1 Å². The molecule has 17 heavy (non-hydrogen) atoms. The minimum absolute atomic E-state index is 0.443. The minimum Gasteiger partial charge on any atom is -0.397 e. The Labute approximate surface area is 100 Å². The number of anilines is 2. The van der Waals surface area contributed by atoms with E-state index in [2.05, 4.69) is 5.10 Å². The number of benzene rings is 1. The number of amidine groups is 1. The summed E-state index contributed by atoms with van der Waals surface area (Å²) in [5, 5.41) is 6.22. The number of hydrogen-bond acceptors (Lipinski definition) is 5. The molecule has 2 rings (SSSR count). The molecule has 0 aromatic heterocycles. The minimum atomic E-state index is 0.443. The lowest BCUT2D eigenvalue weighted by molar-refractivity contribution is 0.0393. The lowest BCUT2D eigenvalue weighted by Crippen LogP contribution is -2.34. The maximum Gasteiger partial charge on any atom is 0.150 e. The van der Waals surface area contributed by atoms with Crippen molar-refractivity contribution in [2.45, 2.75) is 0 Å². The fourth-order valence-corrected chi connectivity index (χ4v) is 1.60. The summed E-state index contributed by atoms with van der Waals surface area (Å²) in [6.45, 7) is 2.87. The second-order valence-electron chi connectivity index (χ2n) is 3.89. The first-order valence-corrected chi connectivity index (χ1v) is 5.49. The molecule has 1 aliphatic rings. The van der Waals surface area contributed by atoms with Crippen LogP contribution < -0.4 is 17.2 Å². The largest absolute Gasteiger partial charge is 0.397 e. The molecule has 0 atom stereocenters. The van der Waals surface area contributed by atoms with Crippen LogP contribution in [0.5, 0.6) is 0 Å². The Balaban J connectivity index is 2.14. The first-order chi connectivity index (χ1) is 8.16. The fourth-order valence-electron chi connectivity index (χ4n) is 1.60. The van der Waals surface area contributed by atoms with E-state index in [0.29, 0.717) is 30.4 Å². The van der Waals surface area contributed by atoms with Crippen LogP contribution >= 0.6 is 0 Å². The molecule has 1 saturated heterocycles. The fraction of sp³-hybridized carbons (Fsp3) is 0.364. The van der Waals surface area contributed by atoms with Gasteiger partial charge in [0.25, 0.3) is 0 Å². The molecule has 1 fully saturated rings. The number of ether oxygens (including phenoxy) is 1.